The van der Waals surface area contributed by atoms with Crippen LogP contribution in [0.4, 0.5) is 0 Å². The summed E-state index contributed by atoms with van der Waals surface area (Å²) in [6.45, 7) is 0.512. The molecule has 3 aromatic carbocycles. The summed E-state index contributed by atoms with van der Waals surface area (Å²) in [4.78, 5) is 15.1. The van der Waals surface area contributed by atoms with Gasteiger partial charge in [0, 0.05) is 0 Å². The maximum atomic E-state index is 13.3. The molecule has 0 saturated heterocycles. The number of aliphatic hydroxyl groups excluding tert-OH is 1. The Labute approximate surface area is 184 Å². The first-order chi connectivity index (χ1) is 14.7. The summed E-state index contributed by atoms with van der Waals surface area (Å²) in [5, 5.41) is 11.0. The molecule has 1 amide bonds. The number of nitrogens with zero attached hydrogens (tertiary/aromatic N) is 1. The molecule has 4 rings (SSSR count). The van der Waals surface area contributed by atoms with Crippen LogP contribution in [0, 0.1) is 0 Å². The van der Waals surface area contributed by atoms with Crippen molar-refractivity contribution in [1.82, 2.24) is 4.90 Å². The van der Waals surface area contributed by atoms with Crippen molar-refractivity contribution >= 4 is 25.3 Å². The molecule has 0 aromatic heterocycles. The van der Waals surface area contributed by atoms with Crippen LogP contribution in [-0.4, -0.2) is 43.0 Å². The van der Waals surface area contributed by atoms with Gasteiger partial charge in [-0.15, -0.1) is 0 Å². The number of aliphatic hydroxyl groups is 1. The molecule has 1 heterocycles. The summed E-state index contributed by atoms with van der Waals surface area (Å²) in [7, 11) is 0. The van der Waals surface area contributed by atoms with Crippen LogP contribution in [-0.2, 0) is 17.8 Å². The van der Waals surface area contributed by atoms with Crippen molar-refractivity contribution in [3.05, 3.63) is 113 Å². The van der Waals surface area contributed by atoms with Crippen molar-refractivity contribution in [2.45, 2.75) is 31.5 Å². The van der Waals surface area contributed by atoms with E-state index in [9.17, 15) is 9.90 Å². The molecular weight excluding hydrogens is 437 g/mol. The van der Waals surface area contributed by atoms with Gasteiger partial charge in [0.25, 0.3) is 0 Å². The van der Waals surface area contributed by atoms with Crippen LogP contribution in [0.25, 0.3) is 0 Å². The van der Waals surface area contributed by atoms with E-state index in [2.05, 4.69) is 24.3 Å². The molecule has 0 aliphatic carbocycles. The molecule has 3 nitrogen and oxygen atoms in total. The summed E-state index contributed by atoms with van der Waals surface area (Å²) in [5.74, 6) is 0.0477. The fourth-order valence-electron chi connectivity index (χ4n) is 3.69. The molecule has 1 N–H and O–H groups in total. The zero-order valence-corrected chi connectivity index (χ0v) is 18.4. The first-order valence-electron chi connectivity index (χ1n) is 10.2. The van der Waals surface area contributed by atoms with Gasteiger partial charge in [-0.3, -0.25) is 0 Å². The zero-order chi connectivity index (χ0) is 20.8. The molecule has 1 aliphatic heterocycles. The third kappa shape index (κ3) is 5.09. The van der Waals surface area contributed by atoms with Crippen LogP contribution in [0.15, 0.2) is 102 Å². The Morgan fingerprint density at radius 1 is 0.833 bits per heavy atom. The van der Waals surface area contributed by atoms with Gasteiger partial charge in [-0.05, 0) is 0 Å². The number of hydrogen-bond donors (Lipinski definition) is 1. The average molecular weight is 462 g/mol. The van der Waals surface area contributed by atoms with E-state index in [1.807, 2.05) is 77.7 Å². The standard InChI is InChI=1S/C26H25NO2Se/c28-24(17-16-20-10-4-1-5-11-20)23-18-25(30-22-14-8-3-9-15-22)26(29)27(23)19-21-12-6-2-7-13-21/h1-15,18,23-24,28H,16-17,19H2/t23-,24+/m0/s1. The monoisotopic (exact) mass is 463 g/mol. The fourth-order valence-corrected chi connectivity index (χ4v) is 5.71. The second-order valence-electron chi connectivity index (χ2n) is 7.45. The Morgan fingerprint density at radius 2 is 1.40 bits per heavy atom. The van der Waals surface area contributed by atoms with Gasteiger partial charge < -0.3 is 0 Å². The molecule has 0 saturated carbocycles. The molecule has 152 valence electrons. The summed E-state index contributed by atoms with van der Waals surface area (Å²) in [5.41, 5.74) is 2.28. The van der Waals surface area contributed by atoms with Crippen LogP contribution < -0.4 is 4.46 Å². The molecule has 3 aromatic rings. The van der Waals surface area contributed by atoms with E-state index >= 15 is 0 Å². The van der Waals surface area contributed by atoms with E-state index in [1.54, 1.807) is 0 Å². The van der Waals surface area contributed by atoms with Crippen molar-refractivity contribution in [2.24, 2.45) is 0 Å². The minimum atomic E-state index is -0.595. The van der Waals surface area contributed by atoms with E-state index in [-0.39, 0.29) is 26.9 Å². The second kappa shape index (κ2) is 9.90. The topological polar surface area (TPSA) is 40.5 Å². The maximum absolute atomic E-state index is 13.3. The normalized spacial score (nSPS) is 17.1. The van der Waals surface area contributed by atoms with Gasteiger partial charge in [-0.2, -0.15) is 0 Å². The van der Waals surface area contributed by atoms with E-state index in [4.69, 9.17) is 0 Å². The number of rotatable bonds is 8. The van der Waals surface area contributed by atoms with Gasteiger partial charge in [0.15, 0.2) is 0 Å². The Bertz CT molecular complexity index is 989. The molecule has 0 unspecified atom stereocenters. The number of amides is 1. The first-order valence-corrected chi connectivity index (χ1v) is 11.9. The molecule has 4 heteroatoms. The molecule has 0 fully saturated rings. The van der Waals surface area contributed by atoms with Crippen molar-refractivity contribution < 1.29 is 9.90 Å². The van der Waals surface area contributed by atoms with Crippen LogP contribution >= 0.6 is 0 Å². The Balaban J connectivity index is 1.52. The van der Waals surface area contributed by atoms with Gasteiger partial charge in [-0.1, -0.05) is 0 Å². The molecule has 0 spiro atoms. The second-order valence-corrected chi connectivity index (χ2v) is 9.79. The zero-order valence-electron chi connectivity index (χ0n) is 16.7. The van der Waals surface area contributed by atoms with Gasteiger partial charge in [-0.25, -0.2) is 0 Å². The number of aryl methyl sites for hydroxylation is 1. The van der Waals surface area contributed by atoms with Crippen LogP contribution in [0.3, 0.4) is 0 Å². The number of hydrogen-bond acceptors (Lipinski definition) is 2. The van der Waals surface area contributed by atoms with Gasteiger partial charge >= 0.3 is 184 Å². The summed E-state index contributed by atoms with van der Waals surface area (Å²) in [6, 6.07) is 30.0. The minimum absolute atomic E-state index is 0.0477. The molecule has 30 heavy (non-hydrogen) atoms. The molecule has 2 atom stereocenters. The van der Waals surface area contributed by atoms with Gasteiger partial charge in [0.05, 0.1) is 0 Å². The van der Waals surface area contributed by atoms with Gasteiger partial charge in [0.1, 0.15) is 0 Å². The molecule has 0 radical (unpaired) electrons. The van der Waals surface area contributed by atoms with Crippen molar-refractivity contribution in [3.63, 3.8) is 0 Å². The summed E-state index contributed by atoms with van der Waals surface area (Å²) >= 11 is -0.0683. The Kier molecular flexibility index (Phi) is 6.81. The van der Waals surface area contributed by atoms with Crippen molar-refractivity contribution in [2.75, 3.05) is 0 Å². The average Bonchev–Trinajstić information content (AvgIpc) is 3.09. The van der Waals surface area contributed by atoms with E-state index in [0.717, 1.165) is 16.5 Å². The molecule has 1 aliphatic rings. The van der Waals surface area contributed by atoms with Gasteiger partial charge in [0.2, 0.25) is 0 Å². The van der Waals surface area contributed by atoms with E-state index in [1.165, 1.54) is 10.0 Å². The number of carbonyl (C=O) groups excluding carboxylic acids is 1. The third-order valence-electron chi connectivity index (χ3n) is 5.29. The first kappa shape index (κ1) is 20.6. The predicted molar refractivity (Wildman–Crippen MR) is 121 cm³/mol. The Hall–Kier alpha value is -2.65. The van der Waals surface area contributed by atoms with Crippen molar-refractivity contribution in [1.29, 1.82) is 0 Å². The molecule has 0 bridgehead atoms. The SMILES string of the molecule is O=C1C([Se]c2ccccc2)=C[C@@H]([C@H](O)CCc2ccccc2)N1Cc1ccccc1. The van der Waals surface area contributed by atoms with E-state index in [0.29, 0.717) is 13.0 Å². The fraction of sp³-hybridized carbons (Fsp3) is 0.192. The number of benzene rings is 3. The van der Waals surface area contributed by atoms with Crippen LogP contribution in [0.1, 0.15) is 17.5 Å². The predicted octanol–water partition coefficient (Wildman–Crippen LogP) is 3.30. The van der Waals surface area contributed by atoms with Crippen LogP contribution in [0.5, 0.6) is 0 Å². The summed E-state index contributed by atoms with van der Waals surface area (Å²) < 4.78 is 2.00. The van der Waals surface area contributed by atoms with E-state index < -0.39 is 6.10 Å². The third-order valence-corrected chi connectivity index (χ3v) is 7.47. The quantitative estimate of drug-likeness (QED) is 0.522. The van der Waals surface area contributed by atoms with Crippen molar-refractivity contribution in [3.8, 4) is 0 Å². The molecular formula is C26H25NO2Se. The number of carbonyl (C=O) groups is 1. The Morgan fingerprint density at radius 3 is 2.03 bits per heavy atom. The van der Waals surface area contributed by atoms with Crippen LogP contribution in [0.2, 0.25) is 0 Å². The summed E-state index contributed by atoms with van der Waals surface area (Å²) in [6.07, 6.45) is 2.82.